The molecule has 94 valence electrons. The molecule has 1 aliphatic rings. The van der Waals surface area contributed by atoms with Gasteiger partial charge in [-0.15, -0.1) is 0 Å². The Morgan fingerprint density at radius 2 is 2.00 bits per heavy atom. The summed E-state index contributed by atoms with van der Waals surface area (Å²) in [4.78, 5) is 0. The Bertz CT molecular complexity index is 346. The summed E-state index contributed by atoms with van der Waals surface area (Å²) in [6.07, 6.45) is -4.90. The molecule has 17 heavy (non-hydrogen) atoms. The fourth-order valence-corrected chi connectivity index (χ4v) is 1.81. The molecule has 0 spiro atoms. The van der Waals surface area contributed by atoms with Crippen LogP contribution in [0.3, 0.4) is 0 Å². The molecule has 0 aromatic heterocycles. The maximum absolute atomic E-state index is 13.5. The second-order valence-corrected chi connectivity index (χ2v) is 3.95. The first-order valence-electron chi connectivity index (χ1n) is 5.46. The van der Waals surface area contributed by atoms with Crippen LogP contribution in [0.1, 0.15) is 5.56 Å². The van der Waals surface area contributed by atoms with E-state index in [0.717, 1.165) is 5.56 Å². The summed E-state index contributed by atoms with van der Waals surface area (Å²) < 4.78 is 23.7. The maximum atomic E-state index is 13.5. The molecule has 1 aliphatic heterocycles. The van der Waals surface area contributed by atoms with Crippen LogP contribution in [0.5, 0.6) is 0 Å². The zero-order valence-electron chi connectivity index (χ0n) is 9.20. The van der Waals surface area contributed by atoms with Gasteiger partial charge >= 0.3 is 0 Å². The average Bonchev–Trinajstić information content (AvgIpc) is 2.64. The topological polar surface area (TPSA) is 58.9 Å². The normalized spacial score (nSPS) is 32.9. The second-order valence-electron chi connectivity index (χ2n) is 3.95. The Kier molecular flexibility index (Phi) is 4.06. The van der Waals surface area contributed by atoms with Gasteiger partial charge in [-0.05, 0) is 5.56 Å². The van der Waals surface area contributed by atoms with Gasteiger partial charge in [-0.2, -0.15) is 0 Å². The number of aliphatic hydroxyl groups excluding tert-OH is 2. The number of benzene rings is 1. The molecule has 2 N–H and O–H groups in total. The van der Waals surface area contributed by atoms with E-state index < -0.39 is 24.7 Å². The third-order valence-corrected chi connectivity index (χ3v) is 2.73. The summed E-state index contributed by atoms with van der Waals surface area (Å²) >= 11 is 0. The predicted molar refractivity (Wildman–Crippen MR) is 57.9 cm³/mol. The van der Waals surface area contributed by atoms with Crippen LogP contribution in [0.4, 0.5) is 4.39 Å². The standard InChI is InChI=1S/C12H15FO4/c13-10-11(9(6-14)17-12(10)15)16-7-8-4-2-1-3-5-8/h1-5,9-12,14-15H,6-7H2/t9-,10-,11-,12?/m1/s1. The van der Waals surface area contributed by atoms with Gasteiger partial charge in [-0.1, -0.05) is 30.3 Å². The van der Waals surface area contributed by atoms with Gasteiger partial charge < -0.3 is 19.7 Å². The van der Waals surface area contributed by atoms with E-state index in [2.05, 4.69) is 0 Å². The van der Waals surface area contributed by atoms with Gasteiger partial charge in [0.25, 0.3) is 0 Å². The highest BCUT2D eigenvalue weighted by atomic mass is 19.1. The van der Waals surface area contributed by atoms with E-state index in [4.69, 9.17) is 14.6 Å². The molecule has 1 saturated heterocycles. The minimum absolute atomic E-state index is 0.221. The molecule has 1 aromatic carbocycles. The first-order valence-corrected chi connectivity index (χ1v) is 5.46. The Labute approximate surface area is 98.6 Å². The van der Waals surface area contributed by atoms with Crippen molar-refractivity contribution < 1.29 is 24.1 Å². The van der Waals surface area contributed by atoms with Gasteiger partial charge in [0, 0.05) is 0 Å². The summed E-state index contributed by atoms with van der Waals surface area (Å²) in [5.41, 5.74) is 0.901. The van der Waals surface area contributed by atoms with Gasteiger partial charge in [0.2, 0.25) is 0 Å². The third-order valence-electron chi connectivity index (χ3n) is 2.73. The van der Waals surface area contributed by atoms with E-state index in [-0.39, 0.29) is 13.2 Å². The van der Waals surface area contributed by atoms with Crippen molar-refractivity contribution in [2.45, 2.75) is 31.3 Å². The Hall–Kier alpha value is -1.01. The Balaban J connectivity index is 1.93. The van der Waals surface area contributed by atoms with Gasteiger partial charge in [-0.25, -0.2) is 4.39 Å². The molecule has 4 nitrogen and oxygen atoms in total. The molecule has 5 heteroatoms. The highest BCUT2D eigenvalue weighted by molar-refractivity contribution is 5.13. The molecular weight excluding hydrogens is 227 g/mol. The summed E-state index contributed by atoms with van der Waals surface area (Å²) in [5, 5.41) is 18.2. The molecule has 2 rings (SSSR count). The number of hydrogen-bond acceptors (Lipinski definition) is 4. The largest absolute Gasteiger partial charge is 0.394 e. The zero-order valence-corrected chi connectivity index (χ0v) is 9.20. The van der Waals surface area contributed by atoms with Crippen LogP contribution in [0, 0.1) is 0 Å². The van der Waals surface area contributed by atoms with E-state index in [1.54, 1.807) is 0 Å². The van der Waals surface area contributed by atoms with Gasteiger partial charge in [0.05, 0.1) is 13.2 Å². The second kappa shape index (κ2) is 5.55. The van der Waals surface area contributed by atoms with Crippen LogP contribution < -0.4 is 0 Å². The van der Waals surface area contributed by atoms with E-state index in [0.29, 0.717) is 0 Å². The van der Waals surface area contributed by atoms with Crippen molar-refractivity contribution in [1.29, 1.82) is 0 Å². The SMILES string of the molecule is OC[C@H]1OC(O)[C@H](F)[C@@H]1OCc1ccccc1. The van der Waals surface area contributed by atoms with Crippen molar-refractivity contribution >= 4 is 0 Å². The molecule has 4 atom stereocenters. The molecule has 0 bridgehead atoms. The molecule has 0 amide bonds. The highest BCUT2D eigenvalue weighted by Gasteiger charge is 2.44. The van der Waals surface area contributed by atoms with E-state index >= 15 is 0 Å². The summed E-state index contributed by atoms with van der Waals surface area (Å²) in [6, 6.07) is 9.30. The lowest BCUT2D eigenvalue weighted by atomic mass is 10.1. The smallest absolute Gasteiger partial charge is 0.189 e. The summed E-state index contributed by atoms with van der Waals surface area (Å²) in [7, 11) is 0. The van der Waals surface area contributed by atoms with Crippen molar-refractivity contribution in [3.63, 3.8) is 0 Å². The fourth-order valence-electron chi connectivity index (χ4n) is 1.81. The van der Waals surface area contributed by atoms with Crippen LogP contribution in [0.2, 0.25) is 0 Å². The molecule has 1 unspecified atom stereocenters. The monoisotopic (exact) mass is 242 g/mol. The Morgan fingerprint density at radius 1 is 1.29 bits per heavy atom. The van der Waals surface area contributed by atoms with E-state index in [1.165, 1.54) is 0 Å². The highest BCUT2D eigenvalue weighted by Crippen LogP contribution is 2.25. The van der Waals surface area contributed by atoms with Crippen molar-refractivity contribution in [3.05, 3.63) is 35.9 Å². The van der Waals surface area contributed by atoms with Gasteiger partial charge in [0.15, 0.2) is 12.5 Å². The molecule has 1 fully saturated rings. The third kappa shape index (κ3) is 2.81. The van der Waals surface area contributed by atoms with E-state index in [1.807, 2.05) is 30.3 Å². The maximum Gasteiger partial charge on any atom is 0.189 e. The van der Waals surface area contributed by atoms with Crippen molar-refractivity contribution in [1.82, 2.24) is 0 Å². The van der Waals surface area contributed by atoms with Crippen LogP contribution in [-0.4, -0.2) is 41.5 Å². The number of aliphatic hydroxyl groups is 2. The molecule has 0 radical (unpaired) electrons. The molecule has 1 aromatic rings. The minimum Gasteiger partial charge on any atom is -0.394 e. The fraction of sp³-hybridized carbons (Fsp3) is 0.500. The van der Waals surface area contributed by atoms with Crippen LogP contribution >= 0.6 is 0 Å². The van der Waals surface area contributed by atoms with Crippen molar-refractivity contribution in [2.75, 3.05) is 6.61 Å². The first kappa shape index (κ1) is 12.4. The lowest BCUT2D eigenvalue weighted by Gasteiger charge is -2.17. The summed E-state index contributed by atoms with van der Waals surface area (Å²) in [5.74, 6) is 0. The molecule has 1 heterocycles. The minimum atomic E-state index is -1.63. The number of ether oxygens (including phenoxy) is 2. The molecular formula is C12H15FO4. The van der Waals surface area contributed by atoms with Crippen LogP contribution in [0.25, 0.3) is 0 Å². The zero-order chi connectivity index (χ0) is 12.3. The predicted octanol–water partition coefficient (Wildman–Crippen LogP) is 0.619. The van der Waals surface area contributed by atoms with E-state index in [9.17, 15) is 9.50 Å². The number of hydrogen-bond donors (Lipinski definition) is 2. The Morgan fingerprint density at radius 3 is 2.65 bits per heavy atom. The van der Waals surface area contributed by atoms with Crippen LogP contribution in [-0.2, 0) is 16.1 Å². The van der Waals surface area contributed by atoms with Gasteiger partial charge in [0.1, 0.15) is 12.2 Å². The number of halogens is 1. The first-order chi connectivity index (χ1) is 8.22. The lowest BCUT2D eigenvalue weighted by molar-refractivity contribution is -0.121. The van der Waals surface area contributed by atoms with Crippen molar-refractivity contribution in [2.24, 2.45) is 0 Å². The molecule has 0 saturated carbocycles. The van der Waals surface area contributed by atoms with Crippen molar-refractivity contribution in [3.8, 4) is 0 Å². The number of alkyl halides is 1. The average molecular weight is 242 g/mol. The van der Waals surface area contributed by atoms with Gasteiger partial charge in [-0.3, -0.25) is 0 Å². The summed E-state index contributed by atoms with van der Waals surface area (Å²) in [6.45, 7) is -0.157. The van der Waals surface area contributed by atoms with Crippen LogP contribution in [0.15, 0.2) is 30.3 Å². The number of rotatable bonds is 4. The quantitative estimate of drug-likeness (QED) is 0.812. The molecule has 0 aliphatic carbocycles. The lowest BCUT2D eigenvalue weighted by Crippen LogP contribution is -2.34.